The summed E-state index contributed by atoms with van der Waals surface area (Å²) in [7, 11) is 0. The van der Waals surface area contributed by atoms with Crippen LogP contribution in [0, 0.1) is 0 Å². The highest BCUT2D eigenvalue weighted by molar-refractivity contribution is 5.56. The summed E-state index contributed by atoms with van der Waals surface area (Å²) < 4.78 is 32.7. The lowest BCUT2D eigenvalue weighted by atomic mass is 9.83. The molecule has 158 valence electrons. The minimum atomic E-state index is -2.71. The van der Waals surface area contributed by atoms with Crippen molar-refractivity contribution in [2.45, 2.75) is 51.2 Å². The molecule has 3 heterocycles. The van der Waals surface area contributed by atoms with Gasteiger partial charge in [0.05, 0.1) is 23.8 Å². The third-order valence-corrected chi connectivity index (χ3v) is 5.04. The first-order valence-corrected chi connectivity index (χ1v) is 9.76. The number of aromatic nitrogens is 4. The standard InChI is InChI=1S/C21H23F2N5O2/c1-21(2,29)17-7-6-14(11-25-17)26-18-10-15(8-9-24-18)30-16-12-28(20(22)23)27-19(16)13-4-3-5-13/h6-13,20,29H,3-5H2,1-2H3,(H,24,26). The van der Waals surface area contributed by atoms with Crippen molar-refractivity contribution in [1.29, 1.82) is 0 Å². The van der Waals surface area contributed by atoms with Crippen LogP contribution >= 0.6 is 0 Å². The third kappa shape index (κ3) is 4.40. The van der Waals surface area contributed by atoms with E-state index in [9.17, 15) is 13.9 Å². The van der Waals surface area contributed by atoms with E-state index in [1.54, 1.807) is 50.5 Å². The van der Waals surface area contributed by atoms with Gasteiger partial charge in [-0.25, -0.2) is 9.67 Å². The van der Waals surface area contributed by atoms with Gasteiger partial charge in [-0.05, 0) is 44.9 Å². The lowest BCUT2D eigenvalue weighted by Crippen LogP contribution is -2.17. The maximum Gasteiger partial charge on any atom is 0.333 e. The van der Waals surface area contributed by atoms with E-state index in [4.69, 9.17) is 4.74 Å². The SMILES string of the molecule is CC(C)(O)c1ccc(Nc2cc(Oc3cn(C(F)F)nc3C3CCC3)ccn2)cn1. The van der Waals surface area contributed by atoms with Crippen molar-refractivity contribution in [3.8, 4) is 11.5 Å². The van der Waals surface area contributed by atoms with Crippen molar-refractivity contribution in [1.82, 2.24) is 19.7 Å². The van der Waals surface area contributed by atoms with Gasteiger partial charge in [0.15, 0.2) is 5.75 Å². The molecule has 0 saturated heterocycles. The molecule has 1 fully saturated rings. The second-order valence-electron chi connectivity index (χ2n) is 7.86. The number of pyridine rings is 2. The number of alkyl halides is 2. The molecule has 3 aromatic heterocycles. The molecule has 0 atom stereocenters. The number of hydrogen-bond donors (Lipinski definition) is 2. The lowest BCUT2D eigenvalue weighted by Gasteiger charge is -2.24. The number of rotatable bonds is 7. The van der Waals surface area contributed by atoms with E-state index >= 15 is 0 Å². The number of ether oxygens (including phenoxy) is 1. The Morgan fingerprint density at radius 1 is 1.23 bits per heavy atom. The topological polar surface area (TPSA) is 85.1 Å². The Balaban J connectivity index is 1.51. The van der Waals surface area contributed by atoms with Gasteiger partial charge in [0.25, 0.3) is 0 Å². The van der Waals surface area contributed by atoms with E-state index in [-0.39, 0.29) is 5.92 Å². The first kappa shape index (κ1) is 20.2. The van der Waals surface area contributed by atoms with E-state index in [0.29, 0.717) is 39.1 Å². The Hall–Kier alpha value is -3.07. The van der Waals surface area contributed by atoms with Crippen LogP contribution in [0.2, 0.25) is 0 Å². The average Bonchev–Trinajstić information content (AvgIpc) is 3.04. The second kappa shape index (κ2) is 7.98. The predicted octanol–water partition coefficient (Wildman–Crippen LogP) is 5.10. The van der Waals surface area contributed by atoms with Gasteiger partial charge >= 0.3 is 6.55 Å². The fourth-order valence-electron chi connectivity index (χ4n) is 3.18. The molecule has 30 heavy (non-hydrogen) atoms. The van der Waals surface area contributed by atoms with Crippen LogP contribution in [0.4, 0.5) is 20.3 Å². The first-order valence-electron chi connectivity index (χ1n) is 9.76. The maximum atomic E-state index is 13.1. The molecule has 1 aliphatic rings. The fourth-order valence-corrected chi connectivity index (χ4v) is 3.18. The van der Waals surface area contributed by atoms with Crippen LogP contribution in [-0.4, -0.2) is 24.9 Å². The molecule has 0 radical (unpaired) electrons. The van der Waals surface area contributed by atoms with Crippen molar-refractivity contribution in [3.05, 3.63) is 54.2 Å². The molecule has 1 saturated carbocycles. The average molecular weight is 415 g/mol. The molecule has 0 spiro atoms. The van der Waals surface area contributed by atoms with Crippen LogP contribution in [0.3, 0.4) is 0 Å². The Morgan fingerprint density at radius 2 is 2.03 bits per heavy atom. The molecule has 9 heteroatoms. The highest BCUT2D eigenvalue weighted by atomic mass is 19.3. The van der Waals surface area contributed by atoms with Crippen molar-refractivity contribution in [2.24, 2.45) is 0 Å². The zero-order chi connectivity index (χ0) is 21.3. The van der Waals surface area contributed by atoms with Gasteiger partial charge in [0, 0.05) is 18.2 Å². The van der Waals surface area contributed by atoms with Crippen LogP contribution in [0.1, 0.15) is 57.0 Å². The summed E-state index contributed by atoms with van der Waals surface area (Å²) in [6.07, 6.45) is 7.32. The van der Waals surface area contributed by atoms with Gasteiger partial charge < -0.3 is 15.2 Å². The highest BCUT2D eigenvalue weighted by Gasteiger charge is 2.28. The number of nitrogens with one attached hydrogen (secondary N) is 1. The smallest absolute Gasteiger partial charge is 0.333 e. The van der Waals surface area contributed by atoms with Crippen LogP contribution < -0.4 is 10.1 Å². The van der Waals surface area contributed by atoms with Gasteiger partial charge in [0.2, 0.25) is 0 Å². The van der Waals surface area contributed by atoms with Crippen LogP contribution in [0.25, 0.3) is 0 Å². The molecule has 4 rings (SSSR count). The number of hydrogen-bond acceptors (Lipinski definition) is 6. The predicted molar refractivity (Wildman–Crippen MR) is 107 cm³/mol. The summed E-state index contributed by atoms with van der Waals surface area (Å²) in [5, 5.41) is 17.1. The van der Waals surface area contributed by atoms with Crippen LogP contribution in [-0.2, 0) is 5.60 Å². The Morgan fingerprint density at radius 3 is 2.63 bits per heavy atom. The van der Waals surface area contributed by atoms with E-state index in [0.717, 1.165) is 19.3 Å². The van der Waals surface area contributed by atoms with Crippen molar-refractivity contribution >= 4 is 11.5 Å². The molecule has 0 aliphatic heterocycles. The highest BCUT2D eigenvalue weighted by Crippen LogP contribution is 2.41. The number of aliphatic hydroxyl groups is 1. The van der Waals surface area contributed by atoms with Gasteiger partial charge in [-0.2, -0.15) is 13.9 Å². The normalized spacial score (nSPS) is 14.6. The maximum absolute atomic E-state index is 13.1. The van der Waals surface area contributed by atoms with Crippen molar-refractivity contribution in [2.75, 3.05) is 5.32 Å². The number of nitrogens with zero attached hydrogens (tertiary/aromatic N) is 4. The zero-order valence-corrected chi connectivity index (χ0v) is 16.7. The Kier molecular flexibility index (Phi) is 5.38. The number of anilines is 2. The summed E-state index contributed by atoms with van der Waals surface area (Å²) in [6.45, 7) is 0.618. The Bertz CT molecular complexity index is 1010. The summed E-state index contributed by atoms with van der Waals surface area (Å²) in [6, 6.07) is 6.85. The largest absolute Gasteiger partial charge is 0.454 e. The van der Waals surface area contributed by atoms with Gasteiger partial charge in [-0.1, -0.05) is 6.42 Å². The van der Waals surface area contributed by atoms with Gasteiger partial charge in [-0.3, -0.25) is 4.98 Å². The van der Waals surface area contributed by atoms with E-state index in [2.05, 4.69) is 20.4 Å². The molecule has 0 amide bonds. The molecule has 0 aromatic carbocycles. The monoisotopic (exact) mass is 415 g/mol. The summed E-state index contributed by atoms with van der Waals surface area (Å²) in [4.78, 5) is 8.51. The van der Waals surface area contributed by atoms with Crippen molar-refractivity contribution < 1.29 is 18.6 Å². The molecular formula is C21H23F2N5O2. The Labute approximate surface area is 172 Å². The van der Waals surface area contributed by atoms with Crippen LogP contribution in [0.15, 0.2) is 42.9 Å². The third-order valence-electron chi connectivity index (χ3n) is 5.04. The molecule has 0 unspecified atom stereocenters. The second-order valence-corrected chi connectivity index (χ2v) is 7.86. The summed E-state index contributed by atoms with van der Waals surface area (Å²) in [5.74, 6) is 1.47. The molecule has 0 bridgehead atoms. The van der Waals surface area contributed by atoms with E-state index < -0.39 is 12.2 Å². The zero-order valence-electron chi connectivity index (χ0n) is 16.7. The van der Waals surface area contributed by atoms with Crippen molar-refractivity contribution in [3.63, 3.8) is 0 Å². The lowest BCUT2D eigenvalue weighted by molar-refractivity contribution is 0.0556. The molecule has 3 aromatic rings. The molecule has 7 nitrogen and oxygen atoms in total. The molecular weight excluding hydrogens is 392 g/mol. The summed E-state index contributed by atoms with van der Waals surface area (Å²) in [5.41, 5.74) is 0.788. The van der Waals surface area contributed by atoms with Crippen LogP contribution in [0.5, 0.6) is 11.5 Å². The van der Waals surface area contributed by atoms with E-state index in [1.165, 1.54) is 6.20 Å². The minimum absolute atomic E-state index is 0.153. The van der Waals surface area contributed by atoms with E-state index in [1.807, 2.05) is 0 Å². The minimum Gasteiger partial charge on any atom is -0.454 e. The quantitative estimate of drug-likeness (QED) is 0.559. The fraction of sp³-hybridized carbons (Fsp3) is 0.381. The molecule has 1 aliphatic carbocycles. The van der Waals surface area contributed by atoms with Gasteiger partial charge in [-0.15, -0.1) is 0 Å². The first-order chi connectivity index (χ1) is 14.3. The van der Waals surface area contributed by atoms with Gasteiger partial charge in [0.1, 0.15) is 22.9 Å². The summed E-state index contributed by atoms with van der Waals surface area (Å²) >= 11 is 0. The number of halogens is 2. The molecule has 2 N–H and O–H groups in total.